The Morgan fingerprint density at radius 2 is 0.714 bits per heavy atom. The van der Waals surface area contributed by atoms with Gasteiger partial charge in [0.15, 0.2) is 0 Å². The molecule has 0 fully saturated rings. The Balaban J connectivity index is 1.87. The largest absolute Gasteiger partial charge is 0.0616 e. The Bertz CT molecular complexity index is 1220. The van der Waals surface area contributed by atoms with Gasteiger partial charge in [0.2, 0.25) is 0 Å². The van der Waals surface area contributed by atoms with Crippen LogP contribution < -0.4 is 0 Å². The number of fused-ring (bicyclic) bond motifs is 3. The lowest BCUT2D eigenvalue weighted by Crippen LogP contribution is -1.96. The SMILES string of the molecule is c1ccc2c(c1)c1c(c3ccccc32)-c2ccc(cc2)CCc2ccc-1cc2. The van der Waals surface area contributed by atoms with Gasteiger partial charge in [-0.2, -0.15) is 0 Å². The Kier molecular flexibility index (Phi) is 3.39. The summed E-state index contributed by atoms with van der Waals surface area (Å²) in [5, 5.41) is 5.30. The van der Waals surface area contributed by atoms with Crippen molar-refractivity contribution in [2.75, 3.05) is 0 Å². The summed E-state index contributed by atoms with van der Waals surface area (Å²) in [6.07, 6.45) is 2.18. The maximum absolute atomic E-state index is 2.31. The zero-order chi connectivity index (χ0) is 18.5. The first-order valence-electron chi connectivity index (χ1n) is 10.0. The van der Waals surface area contributed by atoms with Crippen molar-refractivity contribution in [3.05, 3.63) is 108 Å². The molecule has 4 bridgehead atoms. The quantitative estimate of drug-likeness (QED) is 0.253. The molecule has 0 N–H and O–H groups in total. The molecule has 4 aliphatic rings. The summed E-state index contributed by atoms with van der Waals surface area (Å²) in [6.45, 7) is 0. The van der Waals surface area contributed by atoms with Gasteiger partial charge in [0, 0.05) is 0 Å². The van der Waals surface area contributed by atoms with Crippen LogP contribution in [-0.2, 0) is 12.8 Å². The highest BCUT2D eigenvalue weighted by Gasteiger charge is 2.17. The van der Waals surface area contributed by atoms with Gasteiger partial charge in [0.1, 0.15) is 0 Å². The lowest BCUT2D eigenvalue weighted by molar-refractivity contribution is 0.960. The standard InChI is InChI=1S/C28H20/c1-3-7-25-23(5-1)24-6-2-4-8-26(24)28-22-17-13-20(14-18-22)10-9-19-11-15-21(16-12-19)27(25)28/h1-8,11-18H,9-10H2. The second-order valence-corrected chi connectivity index (χ2v) is 7.74. The zero-order valence-corrected chi connectivity index (χ0v) is 15.7. The highest BCUT2D eigenvalue weighted by Crippen LogP contribution is 2.44. The van der Waals surface area contributed by atoms with Crippen molar-refractivity contribution < 1.29 is 0 Å². The van der Waals surface area contributed by atoms with Crippen molar-refractivity contribution in [1.29, 1.82) is 0 Å². The third kappa shape index (κ3) is 2.31. The molecule has 0 nitrogen and oxygen atoms in total. The van der Waals surface area contributed by atoms with E-state index in [0.717, 1.165) is 12.8 Å². The Labute approximate surface area is 165 Å². The van der Waals surface area contributed by atoms with Gasteiger partial charge in [-0.25, -0.2) is 0 Å². The van der Waals surface area contributed by atoms with Gasteiger partial charge in [0.05, 0.1) is 0 Å². The van der Waals surface area contributed by atoms with Crippen LogP contribution in [0, 0.1) is 0 Å². The van der Waals surface area contributed by atoms with Crippen LogP contribution in [0.3, 0.4) is 0 Å². The lowest BCUT2D eigenvalue weighted by atomic mass is 9.84. The van der Waals surface area contributed by atoms with Gasteiger partial charge < -0.3 is 0 Å². The van der Waals surface area contributed by atoms with E-state index in [1.165, 1.54) is 54.9 Å². The molecule has 0 heterocycles. The minimum atomic E-state index is 1.09. The van der Waals surface area contributed by atoms with E-state index in [4.69, 9.17) is 0 Å². The third-order valence-corrected chi connectivity index (χ3v) is 6.12. The normalized spacial score (nSPS) is 12.7. The van der Waals surface area contributed by atoms with Crippen molar-refractivity contribution in [2.24, 2.45) is 0 Å². The minimum Gasteiger partial charge on any atom is -0.0616 e. The summed E-state index contributed by atoms with van der Waals surface area (Å²) in [6, 6.07) is 36.1. The Morgan fingerprint density at radius 3 is 1.11 bits per heavy atom. The van der Waals surface area contributed by atoms with Crippen LogP contribution in [0.5, 0.6) is 0 Å². The molecule has 9 rings (SSSR count). The topological polar surface area (TPSA) is 0 Å². The number of rotatable bonds is 0. The van der Waals surface area contributed by atoms with E-state index in [-0.39, 0.29) is 0 Å². The molecule has 0 amide bonds. The zero-order valence-electron chi connectivity index (χ0n) is 15.7. The number of hydrogen-bond acceptors (Lipinski definition) is 0. The maximum atomic E-state index is 2.31. The summed E-state index contributed by atoms with van der Waals surface area (Å²) in [4.78, 5) is 0. The molecular formula is C28H20. The van der Waals surface area contributed by atoms with Gasteiger partial charge in [0.25, 0.3) is 0 Å². The molecule has 4 aliphatic carbocycles. The smallest absolute Gasteiger partial charge is 0.00203 e. The molecule has 0 saturated heterocycles. The van der Waals surface area contributed by atoms with Crippen molar-refractivity contribution >= 4 is 21.5 Å². The van der Waals surface area contributed by atoms with E-state index < -0.39 is 0 Å². The van der Waals surface area contributed by atoms with Crippen molar-refractivity contribution in [2.45, 2.75) is 12.8 Å². The first-order valence-corrected chi connectivity index (χ1v) is 10.0. The molecule has 0 heteroatoms. The monoisotopic (exact) mass is 356 g/mol. The van der Waals surface area contributed by atoms with Crippen LogP contribution in [0.4, 0.5) is 0 Å². The van der Waals surface area contributed by atoms with E-state index in [2.05, 4.69) is 97.1 Å². The van der Waals surface area contributed by atoms with E-state index in [0.29, 0.717) is 0 Å². The molecule has 0 radical (unpaired) electrons. The fraction of sp³-hybridized carbons (Fsp3) is 0.0714. The summed E-state index contributed by atoms with van der Waals surface area (Å²) in [7, 11) is 0. The first-order chi connectivity index (χ1) is 13.9. The average Bonchev–Trinajstić information content (AvgIpc) is 2.76. The van der Waals surface area contributed by atoms with Crippen molar-refractivity contribution in [3.63, 3.8) is 0 Å². The third-order valence-electron chi connectivity index (χ3n) is 6.12. The van der Waals surface area contributed by atoms with Crippen LogP contribution in [0.25, 0.3) is 43.8 Å². The molecule has 5 aromatic carbocycles. The van der Waals surface area contributed by atoms with Gasteiger partial charge in [-0.15, -0.1) is 0 Å². The molecular weight excluding hydrogens is 336 g/mol. The second-order valence-electron chi connectivity index (χ2n) is 7.74. The molecule has 5 aromatic rings. The molecule has 0 unspecified atom stereocenters. The molecule has 0 saturated carbocycles. The van der Waals surface area contributed by atoms with Gasteiger partial charge in [-0.1, -0.05) is 97.1 Å². The van der Waals surface area contributed by atoms with E-state index >= 15 is 0 Å². The second kappa shape index (κ2) is 6.07. The molecule has 0 spiro atoms. The van der Waals surface area contributed by atoms with Gasteiger partial charge in [-0.3, -0.25) is 0 Å². The summed E-state index contributed by atoms with van der Waals surface area (Å²) in [5.74, 6) is 0. The minimum absolute atomic E-state index is 1.09. The molecule has 28 heavy (non-hydrogen) atoms. The van der Waals surface area contributed by atoms with Gasteiger partial charge >= 0.3 is 0 Å². The van der Waals surface area contributed by atoms with E-state index in [9.17, 15) is 0 Å². The van der Waals surface area contributed by atoms with E-state index in [1.807, 2.05) is 0 Å². The van der Waals surface area contributed by atoms with Crippen LogP contribution in [0.15, 0.2) is 97.1 Å². The van der Waals surface area contributed by atoms with E-state index in [1.54, 1.807) is 0 Å². The summed E-state index contributed by atoms with van der Waals surface area (Å²) < 4.78 is 0. The van der Waals surface area contributed by atoms with Crippen molar-refractivity contribution in [1.82, 2.24) is 0 Å². The predicted molar refractivity (Wildman–Crippen MR) is 120 cm³/mol. The summed E-state index contributed by atoms with van der Waals surface area (Å²) >= 11 is 0. The molecule has 0 aliphatic heterocycles. The van der Waals surface area contributed by atoms with Gasteiger partial charge in [-0.05, 0) is 67.8 Å². The first kappa shape index (κ1) is 15.7. The number of benzene rings is 5. The number of hydrogen-bond donors (Lipinski definition) is 0. The average molecular weight is 356 g/mol. The Hall–Kier alpha value is -3.38. The number of aryl methyl sites for hydroxylation is 2. The predicted octanol–water partition coefficient (Wildman–Crippen LogP) is 7.43. The molecule has 0 atom stereocenters. The molecule has 0 aromatic heterocycles. The van der Waals surface area contributed by atoms with Crippen LogP contribution in [0.2, 0.25) is 0 Å². The maximum Gasteiger partial charge on any atom is -0.00203 e. The summed E-state index contributed by atoms with van der Waals surface area (Å²) in [5.41, 5.74) is 8.08. The fourth-order valence-electron chi connectivity index (χ4n) is 4.71. The highest BCUT2D eigenvalue weighted by molar-refractivity contribution is 6.21. The highest BCUT2D eigenvalue weighted by atomic mass is 14.2. The van der Waals surface area contributed by atoms with Crippen molar-refractivity contribution in [3.8, 4) is 22.3 Å². The van der Waals surface area contributed by atoms with Crippen LogP contribution in [0.1, 0.15) is 11.1 Å². The van der Waals surface area contributed by atoms with Crippen LogP contribution in [-0.4, -0.2) is 0 Å². The molecule has 132 valence electrons. The fourth-order valence-corrected chi connectivity index (χ4v) is 4.71. The Morgan fingerprint density at radius 1 is 0.357 bits per heavy atom. The lowest BCUT2D eigenvalue weighted by Gasteiger charge is -2.19. The van der Waals surface area contributed by atoms with Crippen LogP contribution >= 0.6 is 0 Å².